The third-order valence-electron chi connectivity index (χ3n) is 7.90. The van der Waals surface area contributed by atoms with Gasteiger partial charge in [0.25, 0.3) is 0 Å². The SMILES string of the molecule is CC(=O)C(C)(C)Cc1c(C(=O)C2CCCCC2)c2cc(C(C)C)ccc2n1Cc1ccc(Cl)cc1. The number of fused-ring (bicyclic) bond motifs is 1. The van der Waals surface area contributed by atoms with Crippen molar-refractivity contribution in [3.63, 3.8) is 0 Å². The van der Waals surface area contributed by atoms with E-state index in [0.29, 0.717) is 23.9 Å². The Balaban J connectivity index is 1.96. The Kier molecular flexibility index (Phi) is 7.57. The lowest BCUT2D eigenvalue weighted by molar-refractivity contribution is -0.124. The molecule has 1 aliphatic rings. The van der Waals surface area contributed by atoms with Gasteiger partial charge >= 0.3 is 0 Å². The highest BCUT2D eigenvalue weighted by Crippen LogP contribution is 2.38. The van der Waals surface area contributed by atoms with Crippen LogP contribution < -0.4 is 0 Å². The molecule has 4 heteroatoms. The van der Waals surface area contributed by atoms with Gasteiger partial charge in [0, 0.05) is 51.5 Å². The molecule has 35 heavy (non-hydrogen) atoms. The zero-order valence-electron chi connectivity index (χ0n) is 21.8. The standard InChI is InChI=1S/C31H38ClNO2/c1-20(2)24-13-16-27-26(17-24)29(30(35)23-9-7-6-8-10-23)28(18-31(4,5)21(3)34)33(27)19-22-11-14-25(32)15-12-22/h11-17,20,23H,6-10,18-19H2,1-5H3. The summed E-state index contributed by atoms with van der Waals surface area (Å²) in [5.41, 5.74) is 4.70. The summed E-state index contributed by atoms with van der Waals surface area (Å²) in [6.07, 6.45) is 5.90. The van der Waals surface area contributed by atoms with Crippen molar-refractivity contribution in [1.82, 2.24) is 4.57 Å². The molecule has 1 aliphatic carbocycles. The van der Waals surface area contributed by atoms with Crippen LogP contribution in [0.5, 0.6) is 0 Å². The number of halogens is 1. The van der Waals surface area contributed by atoms with Crippen LogP contribution >= 0.6 is 11.6 Å². The number of carbonyl (C=O) groups excluding carboxylic acids is 2. The number of aromatic nitrogens is 1. The Hall–Kier alpha value is -2.39. The molecule has 1 fully saturated rings. The molecule has 3 aromatic rings. The summed E-state index contributed by atoms with van der Waals surface area (Å²) in [5, 5.41) is 1.74. The van der Waals surface area contributed by atoms with Gasteiger partial charge < -0.3 is 4.57 Å². The van der Waals surface area contributed by atoms with E-state index in [1.54, 1.807) is 6.92 Å². The van der Waals surface area contributed by atoms with E-state index in [4.69, 9.17) is 11.6 Å². The van der Waals surface area contributed by atoms with Crippen LogP contribution in [0.4, 0.5) is 0 Å². The third kappa shape index (κ3) is 5.40. The minimum absolute atomic E-state index is 0.0697. The Bertz CT molecular complexity index is 1230. The zero-order chi connectivity index (χ0) is 25.3. The summed E-state index contributed by atoms with van der Waals surface area (Å²) in [7, 11) is 0. The maximum absolute atomic E-state index is 14.2. The molecular formula is C31H38ClNO2. The molecule has 0 spiro atoms. The summed E-state index contributed by atoms with van der Waals surface area (Å²) in [6.45, 7) is 10.7. The van der Waals surface area contributed by atoms with E-state index in [0.717, 1.165) is 53.4 Å². The van der Waals surface area contributed by atoms with Crippen molar-refractivity contribution >= 4 is 34.1 Å². The Morgan fingerprint density at radius 1 is 1.03 bits per heavy atom. The first-order valence-electron chi connectivity index (χ1n) is 13.0. The Morgan fingerprint density at radius 3 is 2.29 bits per heavy atom. The van der Waals surface area contributed by atoms with Crippen LogP contribution in [0.25, 0.3) is 10.9 Å². The molecule has 4 rings (SSSR count). The predicted octanol–water partition coefficient (Wildman–Crippen LogP) is 8.39. The van der Waals surface area contributed by atoms with E-state index >= 15 is 0 Å². The van der Waals surface area contributed by atoms with Crippen molar-refractivity contribution in [3.05, 3.63) is 69.9 Å². The quantitative estimate of drug-likeness (QED) is 0.297. The first-order valence-corrected chi connectivity index (χ1v) is 13.4. The van der Waals surface area contributed by atoms with Gasteiger partial charge in [0.2, 0.25) is 0 Å². The number of nitrogens with zero attached hydrogens (tertiary/aromatic N) is 1. The van der Waals surface area contributed by atoms with Crippen LogP contribution in [0.15, 0.2) is 42.5 Å². The van der Waals surface area contributed by atoms with Crippen molar-refractivity contribution in [2.24, 2.45) is 11.3 Å². The fourth-order valence-electron chi connectivity index (χ4n) is 5.31. The summed E-state index contributed by atoms with van der Waals surface area (Å²) in [5.74, 6) is 0.841. The summed E-state index contributed by atoms with van der Waals surface area (Å²) >= 11 is 6.15. The molecule has 0 unspecified atom stereocenters. The zero-order valence-corrected chi connectivity index (χ0v) is 22.5. The van der Waals surface area contributed by atoms with Gasteiger partial charge in [0.1, 0.15) is 5.78 Å². The predicted molar refractivity (Wildman–Crippen MR) is 146 cm³/mol. The van der Waals surface area contributed by atoms with Crippen LogP contribution in [0.3, 0.4) is 0 Å². The van der Waals surface area contributed by atoms with Crippen molar-refractivity contribution in [1.29, 1.82) is 0 Å². The van der Waals surface area contributed by atoms with Crippen molar-refractivity contribution in [2.45, 2.75) is 85.6 Å². The Labute approximate surface area is 214 Å². The van der Waals surface area contributed by atoms with E-state index in [-0.39, 0.29) is 17.5 Å². The van der Waals surface area contributed by atoms with Gasteiger partial charge in [-0.3, -0.25) is 9.59 Å². The van der Waals surface area contributed by atoms with E-state index in [9.17, 15) is 9.59 Å². The van der Waals surface area contributed by atoms with Crippen molar-refractivity contribution in [3.8, 4) is 0 Å². The maximum atomic E-state index is 14.2. The van der Waals surface area contributed by atoms with Gasteiger partial charge in [0.05, 0.1) is 0 Å². The van der Waals surface area contributed by atoms with Gasteiger partial charge in [-0.15, -0.1) is 0 Å². The molecule has 0 bridgehead atoms. The second kappa shape index (κ2) is 10.3. The molecule has 0 radical (unpaired) electrons. The highest BCUT2D eigenvalue weighted by molar-refractivity contribution is 6.30. The van der Waals surface area contributed by atoms with Gasteiger partial charge in [-0.05, 0) is 61.1 Å². The molecule has 3 nitrogen and oxygen atoms in total. The summed E-state index contributed by atoms with van der Waals surface area (Å²) < 4.78 is 2.28. The number of hydrogen-bond acceptors (Lipinski definition) is 2. The maximum Gasteiger partial charge on any atom is 0.168 e. The summed E-state index contributed by atoms with van der Waals surface area (Å²) in [4.78, 5) is 26.8. The minimum Gasteiger partial charge on any atom is -0.339 e. The number of ketones is 2. The van der Waals surface area contributed by atoms with Crippen LogP contribution in [0.1, 0.15) is 99.8 Å². The lowest BCUT2D eigenvalue weighted by Gasteiger charge is -2.25. The van der Waals surface area contributed by atoms with Crippen LogP contribution in [-0.4, -0.2) is 16.1 Å². The van der Waals surface area contributed by atoms with Gasteiger partial charge in [0.15, 0.2) is 5.78 Å². The number of benzene rings is 2. The molecule has 0 amide bonds. The Morgan fingerprint density at radius 2 is 1.69 bits per heavy atom. The van der Waals surface area contributed by atoms with Gasteiger partial charge in [-0.2, -0.15) is 0 Å². The molecule has 0 aliphatic heterocycles. The molecule has 186 valence electrons. The fourth-order valence-corrected chi connectivity index (χ4v) is 5.43. The highest BCUT2D eigenvalue weighted by atomic mass is 35.5. The molecule has 1 saturated carbocycles. The van der Waals surface area contributed by atoms with Crippen molar-refractivity contribution in [2.75, 3.05) is 0 Å². The summed E-state index contributed by atoms with van der Waals surface area (Å²) in [6, 6.07) is 14.5. The van der Waals surface area contributed by atoms with Crippen LogP contribution in [0.2, 0.25) is 5.02 Å². The fraction of sp³-hybridized carbons (Fsp3) is 0.484. The molecular weight excluding hydrogens is 454 g/mol. The van der Waals surface area contributed by atoms with Crippen LogP contribution in [-0.2, 0) is 17.8 Å². The second-order valence-corrected chi connectivity index (χ2v) is 11.7. The molecule has 0 N–H and O–H groups in total. The van der Waals surface area contributed by atoms with Gasteiger partial charge in [-0.1, -0.05) is 76.8 Å². The highest BCUT2D eigenvalue weighted by Gasteiger charge is 2.33. The molecule has 1 aromatic heterocycles. The lowest BCUT2D eigenvalue weighted by Crippen LogP contribution is -2.27. The van der Waals surface area contributed by atoms with Gasteiger partial charge in [-0.25, -0.2) is 0 Å². The topological polar surface area (TPSA) is 39.1 Å². The van der Waals surface area contributed by atoms with E-state index in [1.807, 2.05) is 38.1 Å². The average molecular weight is 492 g/mol. The number of Topliss-reactive ketones (excluding diaryl/α,β-unsaturated/α-hetero) is 2. The normalized spacial score (nSPS) is 15.2. The molecule has 2 aromatic carbocycles. The lowest BCUT2D eigenvalue weighted by atomic mass is 9.79. The van der Waals surface area contributed by atoms with E-state index in [2.05, 4.69) is 36.6 Å². The third-order valence-corrected chi connectivity index (χ3v) is 8.15. The average Bonchev–Trinajstić information content (AvgIpc) is 3.12. The number of rotatable bonds is 8. The molecule has 1 heterocycles. The van der Waals surface area contributed by atoms with E-state index < -0.39 is 5.41 Å². The minimum atomic E-state index is -0.561. The molecule has 0 atom stereocenters. The first-order chi connectivity index (χ1) is 16.6. The number of carbonyl (C=O) groups is 2. The van der Waals surface area contributed by atoms with Crippen molar-refractivity contribution < 1.29 is 9.59 Å². The first kappa shape index (κ1) is 25.7. The second-order valence-electron chi connectivity index (χ2n) is 11.3. The number of hydrogen-bond donors (Lipinski definition) is 0. The smallest absolute Gasteiger partial charge is 0.168 e. The van der Waals surface area contributed by atoms with E-state index in [1.165, 1.54) is 12.0 Å². The molecule has 0 saturated heterocycles. The van der Waals surface area contributed by atoms with Crippen LogP contribution in [0, 0.1) is 11.3 Å². The largest absolute Gasteiger partial charge is 0.339 e. The monoisotopic (exact) mass is 491 g/mol.